The second-order valence-electron chi connectivity index (χ2n) is 3.17. The summed E-state index contributed by atoms with van der Waals surface area (Å²) < 4.78 is 1.97. The molecule has 15 heavy (non-hydrogen) atoms. The zero-order valence-electron chi connectivity index (χ0n) is 7.91. The van der Waals surface area contributed by atoms with E-state index in [1.165, 1.54) is 0 Å². The van der Waals surface area contributed by atoms with Gasteiger partial charge in [-0.25, -0.2) is 15.0 Å². The van der Waals surface area contributed by atoms with Crippen LogP contribution in [-0.2, 0) is 0 Å². The van der Waals surface area contributed by atoms with Crippen molar-refractivity contribution in [1.82, 2.24) is 19.4 Å². The van der Waals surface area contributed by atoms with Crippen molar-refractivity contribution >= 4 is 5.65 Å². The van der Waals surface area contributed by atoms with E-state index in [9.17, 15) is 0 Å². The first kappa shape index (κ1) is 8.11. The summed E-state index contributed by atoms with van der Waals surface area (Å²) >= 11 is 0. The van der Waals surface area contributed by atoms with E-state index in [1.54, 1.807) is 18.7 Å². The van der Waals surface area contributed by atoms with Crippen LogP contribution in [0, 0.1) is 0 Å². The topological polar surface area (TPSA) is 43.1 Å². The van der Waals surface area contributed by atoms with Crippen LogP contribution in [0.5, 0.6) is 0 Å². The summed E-state index contributed by atoms with van der Waals surface area (Å²) in [5, 5.41) is 0. The van der Waals surface area contributed by atoms with Gasteiger partial charge in [-0.2, -0.15) is 0 Å². The van der Waals surface area contributed by atoms with Gasteiger partial charge in [-0.1, -0.05) is 0 Å². The lowest BCUT2D eigenvalue weighted by atomic mass is 10.2. The molecule has 0 bridgehead atoms. The molecule has 0 aliphatic rings. The van der Waals surface area contributed by atoms with Crippen LogP contribution >= 0.6 is 0 Å². The lowest BCUT2D eigenvalue weighted by Gasteiger charge is -2.01. The van der Waals surface area contributed by atoms with Crippen LogP contribution in [0.2, 0.25) is 0 Å². The summed E-state index contributed by atoms with van der Waals surface area (Å²) in [6.07, 6.45) is 8.93. The molecule has 0 radical (unpaired) electrons. The second kappa shape index (κ2) is 3.16. The van der Waals surface area contributed by atoms with E-state index in [1.807, 2.05) is 35.0 Å². The second-order valence-corrected chi connectivity index (χ2v) is 3.17. The Hall–Kier alpha value is -2.23. The zero-order valence-corrected chi connectivity index (χ0v) is 7.91. The Bertz CT molecular complexity index is 586. The van der Waals surface area contributed by atoms with Crippen LogP contribution in [-0.4, -0.2) is 19.4 Å². The van der Waals surface area contributed by atoms with Crippen LogP contribution in [0.1, 0.15) is 0 Å². The number of hydrogen-bond acceptors (Lipinski definition) is 3. The van der Waals surface area contributed by atoms with Crippen LogP contribution in [0.4, 0.5) is 0 Å². The van der Waals surface area contributed by atoms with Crippen molar-refractivity contribution in [2.75, 3.05) is 0 Å². The van der Waals surface area contributed by atoms with Gasteiger partial charge in [0.15, 0.2) is 0 Å². The molecule has 0 fully saturated rings. The smallest absolute Gasteiger partial charge is 0.146 e. The normalized spacial score (nSPS) is 10.7. The van der Waals surface area contributed by atoms with Gasteiger partial charge in [-0.3, -0.25) is 0 Å². The zero-order chi connectivity index (χ0) is 10.1. The molecule has 3 aromatic heterocycles. The third-order valence-electron chi connectivity index (χ3n) is 2.28. The van der Waals surface area contributed by atoms with Gasteiger partial charge in [0.2, 0.25) is 0 Å². The highest BCUT2D eigenvalue weighted by molar-refractivity contribution is 5.74. The summed E-state index contributed by atoms with van der Waals surface area (Å²) in [6.45, 7) is 0. The van der Waals surface area contributed by atoms with E-state index in [-0.39, 0.29) is 0 Å². The standard InChI is InChI=1S/C11H8N4/c1-2-9(10-3-4-12-8-14-10)11-13-5-7-15(11)6-1/h1-8H. The van der Waals surface area contributed by atoms with E-state index in [2.05, 4.69) is 15.0 Å². The summed E-state index contributed by atoms with van der Waals surface area (Å²) in [4.78, 5) is 12.4. The number of nitrogens with zero attached hydrogens (tertiary/aromatic N) is 4. The quantitative estimate of drug-likeness (QED) is 0.596. The average molecular weight is 196 g/mol. The Labute approximate surface area is 86.3 Å². The van der Waals surface area contributed by atoms with Crippen molar-refractivity contribution in [3.8, 4) is 11.3 Å². The molecule has 0 saturated heterocycles. The van der Waals surface area contributed by atoms with Crippen LogP contribution < -0.4 is 0 Å². The summed E-state index contributed by atoms with van der Waals surface area (Å²) in [5.74, 6) is 0. The van der Waals surface area contributed by atoms with Gasteiger partial charge in [-0.15, -0.1) is 0 Å². The molecule has 0 atom stereocenters. The van der Waals surface area contributed by atoms with Gasteiger partial charge in [-0.05, 0) is 18.2 Å². The molecule has 0 N–H and O–H groups in total. The van der Waals surface area contributed by atoms with E-state index in [0.717, 1.165) is 16.9 Å². The summed E-state index contributed by atoms with van der Waals surface area (Å²) in [6, 6.07) is 5.86. The van der Waals surface area contributed by atoms with Crippen molar-refractivity contribution in [3.05, 3.63) is 49.3 Å². The minimum absolute atomic E-state index is 0.891. The fourth-order valence-corrected chi connectivity index (χ4v) is 1.60. The van der Waals surface area contributed by atoms with Crippen molar-refractivity contribution in [1.29, 1.82) is 0 Å². The van der Waals surface area contributed by atoms with Gasteiger partial charge in [0.05, 0.1) is 5.69 Å². The first-order valence-corrected chi connectivity index (χ1v) is 4.63. The fourth-order valence-electron chi connectivity index (χ4n) is 1.60. The highest BCUT2D eigenvalue weighted by atomic mass is 15.0. The van der Waals surface area contributed by atoms with Gasteiger partial charge < -0.3 is 4.40 Å². The van der Waals surface area contributed by atoms with E-state index < -0.39 is 0 Å². The van der Waals surface area contributed by atoms with Crippen LogP contribution in [0.25, 0.3) is 16.9 Å². The van der Waals surface area contributed by atoms with Gasteiger partial charge in [0.25, 0.3) is 0 Å². The first-order valence-electron chi connectivity index (χ1n) is 4.63. The number of aromatic nitrogens is 4. The molecular weight excluding hydrogens is 188 g/mol. The highest BCUT2D eigenvalue weighted by Gasteiger charge is 2.04. The minimum Gasteiger partial charge on any atom is -0.307 e. The first-order chi connectivity index (χ1) is 7.45. The summed E-state index contributed by atoms with van der Waals surface area (Å²) in [7, 11) is 0. The molecule has 0 saturated carbocycles. The van der Waals surface area contributed by atoms with Crippen molar-refractivity contribution in [2.24, 2.45) is 0 Å². The highest BCUT2D eigenvalue weighted by Crippen LogP contribution is 2.20. The Balaban J connectivity index is 2.31. The molecule has 0 amide bonds. The number of rotatable bonds is 1. The molecule has 0 aliphatic carbocycles. The molecule has 72 valence electrons. The van der Waals surface area contributed by atoms with Gasteiger partial charge >= 0.3 is 0 Å². The molecule has 0 spiro atoms. The van der Waals surface area contributed by atoms with E-state index >= 15 is 0 Å². The predicted molar refractivity (Wildman–Crippen MR) is 56.2 cm³/mol. The molecule has 4 heteroatoms. The maximum Gasteiger partial charge on any atom is 0.146 e. The van der Waals surface area contributed by atoms with Crippen LogP contribution in [0.3, 0.4) is 0 Å². The monoisotopic (exact) mass is 196 g/mol. The minimum atomic E-state index is 0.891. The molecule has 3 heterocycles. The number of pyridine rings is 1. The van der Waals surface area contributed by atoms with E-state index in [0.29, 0.717) is 0 Å². The Morgan fingerprint density at radius 1 is 1.00 bits per heavy atom. The van der Waals surface area contributed by atoms with Crippen LogP contribution in [0.15, 0.2) is 49.3 Å². The largest absolute Gasteiger partial charge is 0.307 e. The maximum atomic E-state index is 4.30. The molecular formula is C11H8N4. The van der Waals surface area contributed by atoms with Gasteiger partial charge in [0, 0.05) is 30.4 Å². The maximum absolute atomic E-state index is 4.30. The number of imidazole rings is 1. The lowest BCUT2D eigenvalue weighted by Crippen LogP contribution is -1.89. The molecule has 0 aliphatic heterocycles. The SMILES string of the molecule is c1cc(-c2ccncn2)c2nccn2c1. The number of hydrogen-bond donors (Lipinski definition) is 0. The molecule has 0 aromatic carbocycles. The third-order valence-corrected chi connectivity index (χ3v) is 2.28. The lowest BCUT2D eigenvalue weighted by molar-refractivity contribution is 1.15. The number of fused-ring (bicyclic) bond motifs is 1. The third kappa shape index (κ3) is 1.27. The Morgan fingerprint density at radius 2 is 2.00 bits per heavy atom. The molecule has 4 nitrogen and oxygen atoms in total. The molecule has 3 rings (SSSR count). The van der Waals surface area contributed by atoms with Crippen molar-refractivity contribution in [3.63, 3.8) is 0 Å². The molecule has 0 unspecified atom stereocenters. The Morgan fingerprint density at radius 3 is 2.87 bits per heavy atom. The van der Waals surface area contributed by atoms with Crippen molar-refractivity contribution in [2.45, 2.75) is 0 Å². The van der Waals surface area contributed by atoms with Crippen molar-refractivity contribution < 1.29 is 0 Å². The summed E-state index contributed by atoms with van der Waals surface area (Å²) in [5.41, 5.74) is 2.82. The van der Waals surface area contributed by atoms with E-state index in [4.69, 9.17) is 0 Å². The predicted octanol–water partition coefficient (Wildman–Crippen LogP) is 1.79. The van der Waals surface area contributed by atoms with Gasteiger partial charge in [0.1, 0.15) is 12.0 Å². The fraction of sp³-hybridized carbons (Fsp3) is 0. The average Bonchev–Trinajstić information content (AvgIpc) is 2.78. The molecule has 3 aromatic rings. The Kier molecular flexibility index (Phi) is 1.71.